The zero-order chi connectivity index (χ0) is 18.4. The molecule has 7 heteroatoms. The SMILES string of the molecule is Cc1cc(N2CCC(NC(=O)O)C2)c2onc(-n3c(C)ccc3C)c2c1. The summed E-state index contributed by atoms with van der Waals surface area (Å²) in [5.74, 6) is 0.796. The van der Waals surface area contributed by atoms with Crippen molar-refractivity contribution in [2.24, 2.45) is 0 Å². The molecule has 0 saturated carbocycles. The lowest BCUT2D eigenvalue weighted by atomic mass is 10.1. The summed E-state index contributed by atoms with van der Waals surface area (Å²) in [7, 11) is 0. The van der Waals surface area contributed by atoms with Crippen molar-refractivity contribution in [2.45, 2.75) is 33.2 Å². The van der Waals surface area contributed by atoms with Crippen LogP contribution in [0, 0.1) is 20.8 Å². The predicted molar refractivity (Wildman–Crippen MR) is 99.3 cm³/mol. The van der Waals surface area contributed by atoms with Crippen molar-refractivity contribution in [3.63, 3.8) is 0 Å². The smallest absolute Gasteiger partial charge is 0.404 e. The first-order chi connectivity index (χ1) is 12.4. The quantitative estimate of drug-likeness (QED) is 0.753. The third-order valence-electron chi connectivity index (χ3n) is 5.02. The van der Waals surface area contributed by atoms with E-state index in [1.54, 1.807) is 0 Å². The van der Waals surface area contributed by atoms with Crippen molar-refractivity contribution >= 4 is 22.7 Å². The minimum atomic E-state index is -0.980. The van der Waals surface area contributed by atoms with E-state index in [0.29, 0.717) is 6.54 Å². The Morgan fingerprint density at radius 1 is 1.27 bits per heavy atom. The normalized spacial score (nSPS) is 17.2. The Bertz CT molecular complexity index is 969. The van der Waals surface area contributed by atoms with Crippen LogP contribution >= 0.6 is 0 Å². The van der Waals surface area contributed by atoms with Gasteiger partial charge in [0.05, 0.1) is 17.1 Å². The van der Waals surface area contributed by atoms with E-state index < -0.39 is 6.09 Å². The van der Waals surface area contributed by atoms with E-state index >= 15 is 0 Å². The average Bonchev–Trinajstić information content (AvgIpc) is 3.26. The molecule has 0 aliphatic carbocycles. The van der Waals surface area contributed by atoms with Gasteiger partial charge in [0.15, 0.2) is 11.4 Å². The molecule has 1 unspecified atom stereocenters. The summed E-state index contributed by atoms with van der Waals surface area (Å²) in [6.07, 6.45) is -0.204. The van der Waals surface area contributed by atoms with Crippen LogP contribution in [0.25, 0.3) is 16.8 Å². The van der Waals surface area contributed by atoms with Gasteiger partial charge in [0.1, 0.15) is 0 Å². The molecule has 1 aromatic carbocycles. The summed E-state index contributed by atoms with van der Waals surface area (Å²) < 4.78 is 7.84. The molecule has 1 aliphatic heterocycles. The molecule has 26 heavy (non-hydrogen) atoms. The largest absolute Gasteiger partial charge is 0.465 e. The number of aromatic nitrogens is 2. The third kappa shape index (κ3) is 2.69. The summed E-state index contributed by atoms with van der Waals surface area (Å²) in [6, 6.07) is 8.23. The standard InChI is InChI=1S/C19H22N4O3/c1-11-8-15-17(26-21-18(15)23-12(2)4-5-13(23)3)16(9-11)22-7-6-14(10-22)20-19(24)25/h4-5,8-9,14,20H,6-7,10H2,1-3H3,(H,24,25). The Morgan fingerprint density at radius 2 is 2.00 bits per heavy atom. The summed E-state index contributed by atoms with van der Waals surface area (Å²) in [5, 5.41) is 16.8. The third-order valence-corrected chi connectivity index (χ3v) is 5.02. The topological polar surface area (TPSA) is 83.5 Å². The van der Waals surface area contributed by atoms with Crippen molar-refractivity contribution in [3.8, 4) is 5.82 Å². The van der Waals surface area contributed by atoms with Gasteiger partial charge in [0.25, 0.3) is 0 Å². The van der Waals surface area contributed by atoms with Gasteiger partial charge in [-0.3, -0.25) is 4.57 Å². The summed E-state index contributed by atoms with van der Waals surface area (Å²) in [6.45, 7) is 7.56. The highest BCUT2D eigenvalue weighted by Crippen LogP contribution is 2.35. The number of amides is 1. The van der Waals surface area contributed by atoms with E-state index in [1.165, 1.54) is 0 Å². The van der Waals surface area contributed by atoms with E-state index in [4.69, 9.17) is 9.63 Å². The first-order valence-corrected chi connectivity index (χ1v) is 8.74. The number of nitrogens with one attached hydrogen (secondary N) is 1. The van der Waals surface area contributed by atoms with Gasteiger partial charge in [-0.15, -0.1) is 0 Å². The zero-order valence-corrected chi connectivity index (χ0v) is 15.1. The number of anilines is 1. The fraction of sp³-hybridized carbons (Fsp3) is 0.368. The molecule has 7 nitrogen and oxygen atoms in total. The van der Waals surface area contributed by atoms with Crippen molar-refractivity contribution in [2.75, 3.05) is 18.0 Å². The first kappa shape index (κ1) is 16.5. The number of aryl methyl sites for hydroxylation is 3. The minimum absolute atomic E-state index is 0.0700. The van der Waals surface area contributed by atoms with E-state index in [9.17, 15) is 4.79 Å². The van der Waals surface area contributed by atoms with Crippen LogP contribution < -0.4 is 10.2 Å². The van der Waals surface area contributed by atoms with Gasteiger partial charge in [-0.25, -0.2) is 4.79 Å². The lowest BCUT2D eigenvalue weighted by Crippen LogP contribution is -2.36. The highest BCUT2D eigenvalue weighted by Gasteiger charge is 2.27. The number of hydrogen-bond acceptors (Lipinski definition) is 4. The molecule has 0 radical (unpaired) electrons. The molecule has 136 valence electrons. The Balaban J connectivity index is 1.77. The van der Waals surface area contributed by atoms with Crippen molar-refractivity contribution in [3.05, 3.63) is 41.2 Å². The van der Waals surface area contributed by atoms with E-state index in [-0.39, 0.29) is 6.04 Å². The number of nitrogens with zero attached hydrogens (tertiary/aromatic N) is 3. The summed E-state index contributed by atoms with van der Waals surface area (Å²) >= 11 is 0. The second-order valence-corrected chi connectivity index (χ2v) is 7.00. The van der Waals surface area contributed by atoms with Gasteiger partial charge in [-0.05, 0) is 57.0 Å². The molecule has 1 amide bonds. The van der Waals surface area contributed by atoms with Gasteiger partial charge in [0, 0.05) is 24.5 Å². The Morgan fingerprint density at radius 3 is 2.69 bits per heavy atom. The van der Waals surface area contributed by atoms with Gasteiger partial charge >= 0.3 is 6.09 Å². The number of carbonyl (C=O) groups is 1. The molecule has 2 aromatic heterocycles. The highest BCUT2D eigenvalue weighted by molar-refractivity contribution is 5.95. The second kappa shape index (κ2) is 6.09. The van der Waals surface area contributed by atoms with Crippen LogP contribution in [0.1, 0.15) is 23.4 Å². The maximum absolute atomic E-state index is 10.9. The number of rotatable bonds is 3. The van der Waals surface area contributed by atoms with Crippen molar-refractivity contribution in [1.29, 1.82) is 0 Å². The first-order valence-electron chi connectivity index (χ1n) is 8.74. The zero-order valence-electron chi connectivity index (χ0n) is 15.1. The second-order valence-electron chi connectivity index (χ2n) is 7.00. The fourth-order valence-corrected chi connectivity index (χ4v) is 3.82. The Hall–Kier alpha value is -2.96. The predicted octanol–water partition coefficient (Wildman–Crippen LogP) is 3.39. The van der Waals surface area contributed by atoms with Crippen LogP contribution in [0.3, 0.4) is 0 Å². The molecular weight excluding hydrogens is 332 g/mol. The van der Waals surface area contributed by atoms with Gasteiger partial charge in [-0.2, -0.15) is 0 Å². The van der Waals surface area contributed by atoms with Gasteiger partial charge < -0.3 is 19.8 Å². The Labute approximate surface area is 151 Å². The lowest BCUT2D eigenvalue weighted by molar-refractivity contribution is 0.191. The van der Waals surface area contributed by atoms with Crippen LogP contribution in [-0.4, -0.2) is 40.1 Å². The van der Waals surface area contributed by atoms with Gasteiger partial charge in [0.2, 0.25) is 0 Å². The van der Waals surface area contributed by atoms with Crippen molar-refractivity contribution in [1.82, 2.24) is 15.0 Å². The number of carboxylic acid groups (broad SMARTS) is 1. The fourth-order valence-electron chi connectivity index (χ4n) is 3.82. The molecule has 3 aromatic rings. The molecule has 1 fully saturated rings. The monoisotopic (exact) mass is 354 g/mol. The maximum Gasteiger partial charge on any atom is 0.404 e. The number of fused-ring (bicyclic) bond motifs is 1. The summed E-state index contributed by atoms with van der Waals surface area (Å²) in [5.41, 5.74) is 5.04. The lowest BCUT2D eigenvalue weighted by Gasteiger charge is -2.19. The Kier molecular flexibility index (Phi) is 3.86. The van der Waals surface area contributed by atoms with Crippen LogP contribution in [-0.2, 0) is 0 Å². The average molecular weight is 354 g/mol. The number of benzene rings is 1. The number of hydrogen-bond donors (Lipinski definition) is 2. The van der Waals surface area contributed by atoms with Crippen LogP contribution in [0.4, 0.5) is 10.5 Å². The van der Waals surface area contributed by atoms with E-state index in [1.807, 2.05) is 13.8 Å². The summed E-state index contributed by atoms with van der Waals surface area (Å²) in [4.78, 5) is 13.1. The van der Waals surface area contributed by atoms with E-state index in [0.717, 1.165) is 52.4 Å². The van der Waals surface area contributed by atoms with Crippen molar-refractivity contribution < 1.29 is 14.4 Å². The van der Waals surface area contributed by atoms with Gasteiger partial charge in [-0.1, -0.05) is 5.16 Å². The van der Waals surface area contributed by atoms with Crippen LogP contribution in [0.15, 0.2) is 28.8 Å². The maximum atomic E-state index is 10.9. The molecule has 2 N–H and O–H groups in total. The molecule has 0 spiro atoms. The van der Waals surface area contributed by atoms with Crippen LogP contribution in [0.5, 0.6) is 0 Å². The molecular formula is C19H22N4O3. The molecule has 1 aliphatic rings. The van der Waals surface area contributed by atoms with Crippen LogP contribution in [0.2, 0.25) is 0 Å². The minimum Gasteiger partial charge on any atom is -0.465 e. The molecule has 1 saturated heterocycles. The molecule has 0 bridgehead atoms. The molecule has 4 rings (SSSR count). The highest BCUT2D eigenvalue weighted by atomic mass is 16.5. The molecule has 1 atom stereocenters. The van der Waals surface area contributed by atoms with E-state index in [2.05, 4.69) is 51.1 Å². The molecule has 3 heterocycles.